The van der Waals surface area contributed by atoms with Crippen LogP contribution in [0.1, 0.15) is 37.7 Å². The van der Waals surface area contributed by atoms with Gasteiger partial charge >= 0.3 is 5.97 Å². The second kappa shape index (κ2) is 7.08. The number of hydrogen-bond donors (Lipinski definition) is 1. The number of anilines is 1. The Morgan fingerprint density at radius 1 is 1.15 bits per heavy atom. The van der Waals surface area contributed by atoms with Crippen LogP contribution in [0, 0.1) is 5.82 Å². The van der Waals surface area contributed by atoms with Crippen molar-refractivity contribution in [1.29, 1.82) is 0 Å². The summed E-state index contributed by atoms with van der Waals surface area (Å²) in [5, 5.41) is 8.73. The van der Waals surface area contributed by atoms with Crippen LogP contribution in [0.4, 0.5) is 10.1 Å². The molecular formula is C16H20FNO2. The number of benzene rings is 1. The van der Waals surface area contributed by atoms with E-state index in [1.165, 1.54) is 31.4 Å². The molecule has 1 fully saturated rings. The first kappa shape index (κ1) is 14.6. The van der Waals surface area contributed by atoms with Gasteiger partial charge in [-0.25, -0.2) is 9.18 Å². The van der Waals surface area contributed by atoms with Crippen LogP contribution in [-0.2, 0) is 4.79 Å². The van der Waals surface area contributed by atoms with E-state index in [2.05, 4.69) is 4.90 Å². The monoisotopic (exact) mass is 277 g/mol. The SMILES string of the molecule is O=C(O)/C=C/c1c(F)cccc1N1CCCCCCC1. The van der Waals surface area contributed by atoms with Crippen molar-refractivity contribution in [1.82, 2.24) is 0 Å². The maximum Gasteiger partial charge on any atom is 0.328 e. The van der Waals surface area contributed by atoms with Crippen LogP contribution in [-0.4, -0.2) is 24.2 Å². The quantitative estimate of drug-likeness (QED) is 0.856. The molecule has 1 aliphatic rings. The summed E-state index contributed by atoms with van der Waals surface area (Å²) in [5.41, 5.74) is 1.17. The number of carboxylic acids is 1. The Bertz CT molecular complexity index is 491. The molecule has 0 atom stereocenters. The van der Waals surface area contributed by atoms with Crippen LogP contribution < -0.4 is 4.90 Å². The van der Waals surface area contributed by atoms with Crippen molar-refractivity contribution in [2.24, 2.45) is 0 Å². The number of halogens is 1. The van der Waals surface area contributed by atoms with Crippen molar-refractivity contribution < 1.29 is 14.3 Å². The second-order valence-corrected chi connectivity index (χ2v) is 5.10. The molecule has 1 N–H and O–H groups in total. The van der Waals surface area contributed by atoms with Crippen molar-refractivity contribution in [2.75, 3.05) is 18.0 Å². The zero-order chi connectivity index (χ0) is 14.4. The van der Waals surface area contributed by atoms with Gasteiger partial charge in [-0.2, -0.15) is 0 Å². The lowest BCUT2D eigenvalue weighted by atomic mass is 10.1. The fraction of sp³-hybridized carbons (Fsp3) is 0.438. The molecule has 1 saturated heterocycles. The fourth-order valence-corrected chi connectivity index (χ4v) is 2.61. The fourth-order valence-electron chi connectivity index (χ4n) is 2.61. The molecule has 1 aromatic rings. The lowest BCUT2D eigenvalue weighted by Crippen LogP contribution is -2.27. The molecule has 3 nitrogen and oxygen atoms in total. The molecule has 2 rings (SSSR count). The zero-order valence-corrected chi connectivity index (χ0v) is 11.5. The number of rotatable bonds is 3. The first-order valence-electron chi connectivity index (χ1n) is 7.13. The van der Waals surface area contributed by atoms with E-state index >= 15 is 0 Å². The van der Waals surface area contributed by atoms with Gasteiger partial charge in [-0.05, 0) is 31.1 Å². The average molecular weight is 277 g/mol. The van der Waals surface area contributed by atoms with Crippen LogP contribution in [0.5, 0.6) is 0 Å². The van der Waals surface area contributed by atoms with Crippen LogP contribution >= 0.6 is 0 Å². The van der Waals surface area contributed by atoms with E-state index in [0.29, 0.717) is 5.56 Å². The lowest BCUT2D eigenvalue weighted by Gasteiger charge is -2.28. The van der Waals surface area contributed by atoms with Gasteiger partial charge in [0, 0.05) is 30.4 Å². The second-order valence-electron chi connectivity index (χ2n) is 5.10. The van der Waals surface area contributed by atoms with Gasteiger partial charge in [-0.1, -0.05) is 25.3 Å². The van der Waals surface area contributed by atoms with Gasteiger partial charge in [0.15, 0.2) is 0 Å². The maximum atomic E-state index is 14.0. The summed E-state index contributed by atoms with van der Waals surface area (Å²) in [7, 11) is 0. The van der Waals surface area contributed by atoms with Gasteiger partial charge in [0.25, 0.3) is 0 Å². The minimum absolute atomic E-state index is 0.371. The van der Waals surface area contributed by atoms with Crippen LogP contribution in [0.2, 0.25) is 0 Å². The minimum atomic E-state index is -1.06. The maximum absolute atomic E-state index is 14.0. The molecule has 0 aliphatic carbocycles. The predicted molar refractivity (Wildman–Crippen MR) is 78.4 cm³/mol. The molecule has 108 valence electrons. The van der Waals surface area contributed by atoms with E-state index in [9.17, 15) is 9.18 Å². The Morgan fingerprint density at radius 3 is 2.45 bits per heavy atom. The molecule has 1 heterocycles. The molecule has 20 heavy (non-hydrogen) atoms. The third-order valence-electron chi connectivity index (χ3n) is 3.62. The van der Waals surface area contributed by atoms with Gasteiger partial charge in [0.2, 0.25) is 0 Å². The Kier molecular flexibility index (Phi) is 5.16. The molecule has 0 saturated carbocycles. The number of carboxylic acid groups (broad SMARTS) is 1. The summed E-state index contributed by atoms with van der Waals surface area (Å²) < 4.78 is 14.0. The standard InChI is InChI=1S/C16H20FNO2/c17-14-7-6-8-15(13(14)9-10-16(19)20)18-11-4-2-1-3-5-12-18/h6-10H,1-5,11-12H2,(H,19,20)/b10-9+. The third-order valence-corrected chi connectivity index (χ3v) is 3.62. The van der Waals surface area contributed by atoms with E-state index in [1.54, 1.807) is 6.07 Å². The largest absolute Gasteiger partial charge is 0.478 e. The van der Waals surface area contributed by atoms with Crippen molar-refractivity contribution in [3.63, 3.8) is 0 Å². The Morgan fingerprint density at radius 2 is 1.80 bits per heavy atom. The Labute approximate surface area is 118 Å². The number of aliphatic carboxylic acids is 1. The van der Waals surface area contributed by atoms with Crippen molar-refractivity contribution in [3.05, 3.63) is 35.7 Å². The molecular weight excluding hydrogens is 257 g/mol. The summed E-state index contributed by atoms with van der Waals surface area (Å²) in [6.07, 6.45) is 8.20. The minimum Gasteiger partial charge on any atom is -0.478 e. The molecule has 1 aliphatic heterocycles. The molecule has 0 bridgehead atoms. The highest BCUT2D eigenvalue weighted by Crippen LogP contribution is 2.26. The van der Waals surface area contributed by atoms with E-state index in [1.807, 2.05) is 6.07 Å². The summed E-state index contributed by atoms with van der Waals surface area (Å²) in [4.78, 5) is 12.8. The molecule has 0 unspecified atom stereocenters. The summed E-state index contributed by atoms with van der Waals surface area (Å²) >= 11 is 0. The highest BCUT2D eigenvalue weighted by Gasteiger charge is 2.14. The Hall–Kier alpha value is -1.84. The van der Waals surface area contributed by atoms with Crippen molar-refractivity contribution in [3.8, 4) is 0 Å². The van der Waals surface area contributed by atoms with Gasteiger partial charge < -0.3 is 10.0 Å². The average Bonchev–Trinajstić information content (AvgIpc) is 2.36. The molecule has 0 spiro atoms. The molecule has 4 heteroatoms. The highest BCUT2D eigenvalue weighted by atomic mass is 19.1. The predicted octanol–water partition coefficient (Wildman–Crippen LogP) is 3.69. The van der Waals surface area contributed by atoms with Gasteiger partial charge in [-0.15, -0.1) is 0 Å². The van der Waals surface area contributed by atoms with E-state index < -0.39 is 5.97 Å². The van der Waals surface area contributed by atoms with Crippen LogP contribution in [0.15, 0.2) is 24.3 Å². The van der Waals surface area contributed by atoms with Crippen molar-refractivity contribution in [2.45, 2.75) is 32.1 Å². The zero-order valence-electron chi connectivity index (χ0n) is 11.5. The van der Waals surface area contributed by atoms with Crippen LogP contribution in [0.3, 0.4) is 0 Å². The Balaban J connectivity index is 2.29. The van der Waals surface area contributed by atoms with E-state index in [-0.39, 0.29) is 5.82 Å². The van der Waals surface area contributed by atoms with Gasteiger partial charge in [0.1, 0.15) is 5.82 Å². The van der Waals surface area contributed by atoms with Gasteiger partial charge in [0.05, 0.1) is 0 Å². The number of hydrogen-bond acceptors (Lipinski definition) is 2. The molecule has 0 amide bonds. The summed E-state index contributed by atoms with van der Waals surface area (Å²) in [6.45, 7) is 1.80. The smallest absolute Gasteiger partial charge is 0.328 e. The molecule has 1 aromatic carbocycles. The first-order chi connectivity index (χ1) is 9.68. The molecule has 0 aromatic heterocycles. The van der Waals surface area contributed by atoms with Crippen molar-refractivity contribution >= 4 is 17.7 Å². The number of carbonyl (C=O) groups is 1. The third kappa shape index (κ3) is 3.83. The lowest BCUT2D eigenvalue weighted by molar-refractivity contribution is -0.131. The summed E-state index contributed by atoms with van der Waals surface area (Å²) in [5.74, 6) is -1.44. The number of nitrogens with zero attached hydrogens (tertiary/aromatic N) is 1. The highest BCUT2D eigenvalue weighted by molar-refractivity contribution is 5.87. The van der Waals surface area contributed by atoms with E-state index in [4.69, 9.17) is 5.11 Å². The van der Waals surface area contributed by atoms with E-state index in [0.717, 1.165) is 37.7 Å². The molecule has 0 radical (unpaired) electrons. The first-order valence-corrected chi connectivity index (χ1v) is 7.13. The topological polar surface area (TPSA) is 40.5 Å². The summed E-state index contributed by atoms with van der Waals surface area (Å²) in [6, 6.07) is 4.92. The normalized spacial score (nSPS) is 16.9. The van der Waals surface area contributed by atoms with Crippen LogP contribution in [0.25, 0.3) is 6.08 Å². The van der Waals surface area contributed by atoms with Gasteiger partial charge in [-0.3, -0.25) is 0 Å².